The third-order valence-electron chi connectivity index (χ3n) is 3.83. The van der Waals surface area contributed by atoms with E-state index < -0.39 is 11.2 Å². The summed E-state index contributed by atoms with van der Waals surface area (Å²) in [5.74, 6) is 0.572. The zero-order chi connectivity index (χ0) is 18.0. The van der Waals surface area contributed by atoms with Crippen LogP contribution < -0.4 is 11.2 Å². The highest BCUT2D eigenvalue weighted by Gasteiger charge is 2.19. The summed E-state index contributed by atoms with van der Waals surface area (Å²) in [5.41, 5.74) is 0.435. The number of pyridine rings is 1. The molecule has 3 aromatic heterocycles. The van der Waals surface area contributed by atoms with E-state index in [1.54, 1.807) is 25.4 Å². The van der Waals surface area contributed by atoms with Crippen molar-refractivity contribution in [2.75, 3.05) is 13.7 Å². The molecule has 3 rings (SSSR count). The predicted molar refractivity (Wildman–Crippen MR) is 95.0 cm³/mol. The standard InChI is InChI=1S/C16H18ClN5O3/c1-3-6-21-13(10-4-5-11(17)18-9-10)19-12-14(23)20-16(24)22(15(12)21)7-8-25-2/h4-5,9H,3,6-8H2,1-2H3,(H,20,23,24). The second kappa shape index (κ2) is 7.20. The summed E-state index contributed by atoms with van der Waals surface area (Å²) in [4.78, 5) is 35.4. The van der Waals surface area contributed by atoms with E-state index in [4.69, 9.17) is 16.3 Å². The molecule has 0 saturated heterocycles. The first kappa shape index (κ1) is 17.4. The molecule has 0 aromatic carbocycles. The molecule has 0 aliphatic heterocycles. The molecule has 0 fully saturated rings. The molecule has 3 aromatic rings. The summed E-state index contributed by atoms with van der Waals surface area (Å²) in [7, 11) is 1.56. The first-order valence-corrected chi connectivity index (χ1v) is 8.28. The van der Waals surface area contributed by atoms with Crippen LogP contribution in [0.4, 0.5) is 0 Å². The number of ether oxygens (including phenoxy) is 1. The Kier molecular flexibility index (Phi) is 5.00. The van der Waals surface area contributed by atoms with Crippen molar-refractivity contribution in [3.8, 4) is 11.4 Å². The van der Waals surface area contributed by atoms with Crippen molar-refractivity contribution >= 4 is 22.8 Å². The van der Waals surface area contributed by atoms with Crippen molar-refractivity contribution < 1.29 is 4.74 Å². The minimum Gasteiger partial charge on any atom is -0.383 e. The number of aromatic nitrogens is 5. The number of rotatable bonds is 6. The van der Waals surface area contributed by atoms with Gasteiger partial charge in [-0.3, -0.25) is 14.3 Å². The number of halogens is 1. The number of hydrogen-bond acceptors (Lipinski definition) is 5. The lowest BCUT2D eigenvalue weighted by atomic mass is 10.2. The molecule has 3 heterocycles. The Morgan fingerprint density at radius 2 is 2.04 bits per heavy atom. The molecule has 0 aliphatic carbocycles. The van der Waals surface area contributed by atoms with Gasteiger partial charge in [-0.1, -0.05) is 18.5 Å². The molecule has 25 heavy (non-hydrogen) atoms. The van der Waals surface area contributed by atoms with Gasteiger partial charge in [-0.2, -0.15) is 0 Å². The van der Waals surface area contributed by atoms with Crippen LogP contribution in [0, 0.1) is 0 Å². The summed E-state index contributed by atoms with van der Waals surface area (Å²) in [5, 5.41) is 0.372. The fourth-order valence-corrected chi connectivity index (χ4v) is 2.86. The van der Waals surface area contributed by atoms with Gasteiger partial charge < -0.3 is 9.30 Å². The van der Waals surface area contributed by atoms with Crippen LogP contribution in [0.15, 0.2) is 27.9 Å². The van der Waals surface area contributed by atoms with E-state index in [1.807, 2.05) is 11.5 Å². The van der Waals surface area contributed by atoms with Crippen LogP contribution in [0.25, 0.3) is 22.6 Å². The van der Waals surface area contributed by atoms with Crippen molar-refractivity contribution in [1.82, 2.24) is 24.1 Å². The Morgan fingerprint density at radius 3 is 2.68 bits per heavy atom. The monoisotopic (exact) mass is 363 g/mol. The molecule has 1 N–H and O–H groups in total. The third-order valence-corrected chi connectivity index (χ3v) is 4.05. The number of aromatic amines is 1. The van der Waals surface area contributed by atoms with E-state index in [9.17, 15) is 9.59 Å². The largest absolute Gasteiger partial charge is 0.383 e. The number of nitrogens with zero attached hydrogens (tertiary/aromatic N) is 4. The predicted octanol–water partition coefficient (Wildman–Crippen LogP) is 1.66. The van der Waals surface area contributed by atoms with Gasteiger partial charge in [0.1, 0.15) is 11.0 Å². The summed E-state index contributed by atoms with van der Waals surface area (Å²) in [6.07, 6.45) is 2.41. The van der Waals surface area contributed by atoms with Crippen LogP contribution in [-0.2, 0) is 17.8 Å². The molecule has 8 nitrogen and oxygen atoms in total. The normalized spacial score (nSPS) is 11.3. The van der Waals surface area contributed by atoms with Crippen LogP contribution in [0.3, 0.4) is 0 Å². The molecule has 9 heteroatoms. The minimum atomic E-state index is -0.508. The number of aryl methyl sites for hydroxylation is 1. The van der Waals surface area contributed by atoms with Crippen molar-refractivity contribution in [3.63, 3.8) is 0 Å². The van der Waals surface area contributed by atoms with E-state index in [2.05, 4.69) is 15.0 Å². The summed E-state index contributed by atoms with van der Waals surface area (Å²) in [6.45, 7) is 3.28. The average molecular weight is 364 g/mol. The maximum absolute atomic E-state index is 12.3. The van der Waals surface area contributed by atoms with Crippen molar-refractivity contribution in [1.29, 1.82) is 0 Å². The Bertz CT molecular complexity index is 1000. The molecule has 132 valence electrons. The van der Waals surface area contributed by atoms with Crippen LogP contribution in [0.1, 0.15) is 13.3 Å². The maximum Gasteiger partial charge on any atom is 0.330 e. The lowest BCUT2D eigenvalue weighted by Gasteiger charge is -2.12. The fraction of sp³-hybridized carbons (Fsp3) is 0.375. The molecule has 0 amide bonds. The van der Waals surface area contributed by atoms with Gasteiger partial charge in [-0.25, -0.2) is 14.8 Å². The fourth-order valence-electron chi connectivity index (χ4n) is 2.74. The highest BCUT2D eigenvalue weighted by molar-refractivity contribution is 6.29. The number of fused-ring (bicyclic) bond motifs is 1. The van der Waals surface area contributed by atoms with Gasteiger partial charge in [0.25, 0.3) is 5.56 Å². The maximum atomic E-state index is 12.3. The van der Waals surface area contributed by atoms with E-state index in [0.717, 1.165) is 12.0 Å². The number of nitrogens with one attached hydrogen (secondary N) is 1. The number of imidazole rings is 1. The molecule has 0 bridgehead atoms. The smallest absolute Gasteiger partial charge is 0.330 e. The highest BCUT2D eigenvalue weighted by Crippen LogP contribution is 2.23. The molecular formula is C16H18ClN5O3. The van der Waals surface area contributed by atoms with Gasteiger partial charge in [0.05, 0.1) is 13.2 Å². The number of hydrogen-bond donors (Lipinski definition) is 1. The molecule has 0 radical (unpaired) electrons. The van der Waals surface area contributed by atoms with Crippen LogP contribution in [-0.4, -0.2) is 37.8 Å². The summed E-state index contributed by atoms with van der Waals surface area (Å²) < 4.78 is 8.43. The van der Waals surface area contributed by atoms with Crippen LogP contribution in [0.2, 0.25) is 5.15 Å². The third kappa shape index (κ3) is 3.22. The van der Waals surface area contributed by atoms with Crippen LogP contribution >= 0.6 is 11.6 Å². The van der Waals surface area contributed by atoms with Gasteiger partial charge in [-0.15, -0.1) is 0 Å². The second-order valence-corrected chi connectivity index (χ2v) is 5.92. The van der Waals surface area contributed by atoms with E-state index in [-0.39, 0.29) is 5.52 Å². The Labute approximate surface area is 148 Å². The zero-order valence-corrected chi connectivity index (χ0v) is 14.7. The average Bonchev–Trinajstić information content (AvgIpc) is 2.96. The Hall–Kier alpha value is -2.45. The van der Waals surface area contributed by atoms with Crippen molar-refractivity contribution in [2.24, 2.45) is 0 Å². The molecule has 0 aliphatic rings. The van der Waals surface area contributed by atoms with Gasteiger partial charge in [0, 0.05) is 25.4 Å². The van der Waals surface area contributed by atoms with Gasteiger partial charge >= 0.3 is 5.69 Å². The molecule has 0 atom stereocenters. The quantitative estimate of drug-likeness (QED) is 0.672. The first-order chi connectivity index (χ1) is 12.1. The lowest BCUT2D eigenvalue weighted by Crippen LogP contribution is -2.32. The van der Waals surface area contributed by atoms with Gasteiger partial charge in [0.2, 0.25) is 0 Å². The summed E-state index contributed by atoms with van der Waals surface area (Å²) in [6, 6.07) is 3.45. The molecular weight excluding hydrogens is 346 g/mol. The summed E-state index contributed by atoms with van der Waals surface area (Å²) >= 11 is 5.85. The van der Waals surface area contributed by atoms with Crippen molar-refractivity contribution in [2.45, 2.75) is 26.4 Å². The van der Waals surface area contributed by atoms with Crippen molar-refractivity contribution in [3.05, 3.63) is 44.3 Å². The minimum absolute atomic E-state index is 0.217. The Balaban J connectivity index is 2.33. The van der Waals surface area contributed by atoms with E-state index in [1.165, 1.54) is 4.57 Å². The molecule has 0 spiro atoms. The van der Waals surface area contributed by atoms with E-state index in [0.29, 0.717) is 36.3 Å². The topological polar surface area (TPSA) is 94.8 Å². The lowest BCUT2D eigenvalue weighted by molar-refractivity contribution is 0.186. The second-order valence-electron chi connectivity index (χ2n) is 5.53. The highest BCUT2D eigenvalue weighted by atomic mass is 35.5. The number of H-pyrrole nitrogens is 1. The van der Waals surface area contributed by atoms with E-state index >= 15 is 0 Å². The SMILES string of the molecule is CCCn1c(-c2ccc(Cl)nc2)nc2c(=O)[nH]c(=O)n(CCOC)c21. The van der Waals surface area contributed by atoms with Gasteiger partial charge in [0.15, 0.2) is 11.2 Å². The van der Waals surface area contributed by atoms with Crippen LogP contribution in [0.5, 0.6) is 0 Å². The first-order valence-electron chi connectivity index (χ1n) is 7.91. The molecule has 0 saturated carbocycles. The van der Waals surface area contributed by atoms with Gasteiger partial charge in [-0.05, 0) is 18.6 Å². The number of methoxy groups -OCH3 is 1. The molecule has 0 unspecified atom stereocenters. The zero-order valence-electron chi connectivity index (χ0n) is 14.0. The Morgan fingerprint density at radius 1 is 1.24 bits per heavy atom.